The number of halogens is 1. The van der Waals surface area contributed by atoms with Gasteiger partial charge in [-0.05, 0) is 56.3 Å². The van der Waals surface area contributed by atoms with Crippen molar-refractivity contribution in [3.63, 3.8) is 0 Å². The zero-order valence-electron chi connectivity index (χ0n) is 10.8. The van der Waals surface area contributed by atoms with E-state index in [0.29, 0.717) is 23.5 Å². The molecule has 0 aromatic heterocycles. The monoisotopic (exact) mass is 228 g/mol. The summed E-state index contributed by atoms with van der Waals surface area (Å²) in [6, 6.07) is 0. The van der Waals surface area contributed by atoms with E-state index < -0.39 is 0 Å². The largest absolute Gasteiger partial charge is 0.300 e. The number of carbonyl (C=O) groups excluding carboxylic acids is 1. The average molecular weight is 228 g/mol. The Morgan fingerprint density at radius 1 is 1.31 bits per heavy atom. The normalized spacial score (nSPS) is 32.4. The van der Waals surface area contributed by atoms with Crippen LogP contribution in [0, 0.1) is 23.7 Å². The lowest BCUT2D eigenvalue weighted by atomic mass is 9.72. The molecule has 4 unspecified atom stereocenters. The van der Waals surface area contributed by atoms with Gasteiger partial charge < -0.3 is 4.79 Å². The van der Waals surface area contributed by atoms with Crippen LogP contribution in [0.15, 0.2) is 0 Å². The Balaban J connectivity index is 2.44. The minimum atomic E-state index is -0.206. The topological polar surface area (TPSA) is 17.1 Å². The number of rotatable bonds is 5. The fraction of sp³-hybridized carbons (Fsp3) is 0.929. The fourth-order valence-electron chi connectivity index (χ4n) is 3.30. The van der Waals surface area contributed by atoms with E-state index in [0.717, 1.165) is 19.3 Å². The van der Waals surface area contributed by atoms with Gasteiger partial charge in [-0.1, -0.05) is 13.8 Å². The Hall–Kier alpha value is -0.400. The third-order valence-corrected chi connectivity index (χ3v) is 3.71. The molecule has 16 heavy (non-hydrogen) atoms. The van der Waals surface area contributed by atoms with E-state index >= 15 is 0 Å². The highest BCUT2D eigenvalue weighted by Gasteiger charge is 2.28. The molecule has 2 heteroatoms. The lowest BCUT2D eigenvalue weighted by Crippen LogP contribution is -2.24. The van der Waals surface area contributed by atoms with Crippen LogP contribution < -0.4 is 0 Å². The van der Waals surface area contributed by atoms with E-state index in [4.69, 9.17) is 0 Å². The van der Waals surface area contributed by atoms with Crippen LogP contribution in [0.5, 0.6) is 0 Å². The Labute approximate surface area is 98.8 Å². The second-order valence-corrected chi connectivity index (χ2v) is 5.95. The SMILES string of the molecule is CC(=O)CC1CC(C)CC(CC(C)CF)C1. The minimum Gasteiger partial charge on any atom is -0.300 e. The second kappa shape index (κ2) is 6.36. The molecule has 0 radical (unpaired) electrons. The van der Waals surface area contributed by atoms with E-state index in [1.165, 1.54) is 12.8 Å². The van der Waals surface area contributed by atoms with Crippen LogP contribution in [-0.2, 0) is 4.79 Å². The predicted molar refractivity (Wildman–Crippen MR) is 65.0 cm³/mol. The molecule has 0 bridgehead atoms. The number of hydrogen-bond donors (Lipinski definition) is 0. The second-order valence-electron chi connectivity index (χ2n) is 5.95. The van der Waals surface area contributed by atoms with Crippen molar-refractivity contribution in [1.29, 1.82) is 0 Å². The standard InChI is InChI=1S/C14H25FO/c1-10-4-13(6-11(2)9-15)8-14(5-10)7-12(3)16/h10-11,13-14H,4-9H2,1-3H3. The molecule has 1 rings (SSSR count). The van der Waals surface area contributed by atoms with E-state index in [9.17, 15) is 9.18 Å². The molecule has 0 spiro atoms. The molecular formula is C14H25FO. The maximum atomic E-state index is 12.5. The molecule has 1 nitrogen and oxygen atoms in total. The van der Waals surface area contributed by atoms with Crippen molar-refractivity contribution < 1.29 is 9.18 Å². The number of carbonyl (C=O) groups is 1. The lowest BCUT2D eigenvalue weighted by molar-refractivity contribution is -0.118. The molecule has 0 aliphatic heterocycles. The molecule has 0 saturated heterocycles. The summed E-state index contributed by atoms with van der Waals surface area (Å²) in [5, 5.41) is 0. The zero-order chi connectivity index (χ0) is 12.1. The molecule has 0 heterocycles. The third kappa shape index (κ3) is 4.63. The van der Waals surface area contributed by atoms with E-state index in [1.807, 2.05) is 6.92 Å². The van der Waals surface area contributed by atoms with Crippen LogP contribution in [0.4, 0.5) is 4.39 Å². The molecule has 0 amide bonds. The van der Waals surface area contributed by atoms with Crippen LogP contribution in [0.3, 0.4) is 0 Å². The van der Waals surface area contributed by atoms with E-state index in [-0.39, 0.29) is 12.6 Å². The fourth-order valence-corrected chi connectivity index (χ4v) is 3.30. The van der Waals surface area contributed by atoms with Crippen LogP contribution >= 0.6 is 0 Å². The summed E-state index contributed by atoms with van der Waals surface area (Å²) in [6.45, 7) is 5.72. The first kappa shape index (κ1) is 13.7. The third-order valence-electron chi connectivity index (χ3n) is 3.71. The van der Waals surface area contributed by atoms with Gasteiger partial charge in [0.2, 0.25) is 0 Å². The average Bonchev–Trinajstić information content (AvgIpc) is 2.15. The number of alkyl halides is 1. The molecule has 0 aromatic carbocycles. The molecule has 1 aliphatic carbocycles. The van der Waals surface area contributed by atoms with Crippen molar-refractivity contribution in [3.05, 3.63) is 0 Å². The quantitative estimate of drug-likeness (QED) is 0.694. The highest BCUT2D eigenvalue weighted by molar-refractivity contribution is 5.75. The summed E-state index contributed by atoms with van der Waals surface area (Å²) in [5.74, 6) is 2.39. The van der Waals surface area contributed by atoms with Crippen molar-refractivity contribution in [1.82, 2.24) is 0 Å². The summed E-state index contributed by atoms with van der Waals surface area (Å²) in [4.78, 5) is 11.1. The van der Waals surface area contributed by atoms with Crippen LogP contribution in [0.25, 0.3) is 0 Å². The molecule has 1 saturated carbocycles. The predicted octanol–water partition coefficient (Wildman–Crippen LogP) is 4.01. The molecule has 94 valence electrons. The number of hydrogen-bond acceptors (Lipinski definition) is 1. The molecule has 1 fully saturated rings. The summed E-state index contributed by atoms with van der Waals surface area (Å²) >= 11 is 0. The maximum Gasteiger partial charge on any atom is 0.130 e. The van der Waals surface area contributed by atoms with Gasteiger partial charge in [-0.3, -0.25) is 4.39 Å². The first-order valence-electron chi connectivity index (χ1n) is 6.56. The molecule has 0 N–H and O–H groups in total. The van der Waals surface area contributed by atoms with Crippen LogP contribution in [0.1, 0.15) is 52.9 Å². The van der Waals surface area contributed by atoms with Gasteiger partial charge in [-0.15, -0.1) is 0 Å². The van der Waals surface area contributed by atoms with Crippen LogP contribution in [-0.4, -0.2) is 12.5 Å². The van der Waals surface area contributed by atoms with Gasteiger partial charge >= 0.3 is 0 Å². The van der Waals surface area contributed by atoms with Crippen molar-refractivity contribution >= 4 is 5.78 Å². The first-order valence-corrected chi connectivity index (χ1v) is 6.56. The van der Waals surface area contributed by atoms with Crippen molar-refractivity contribution in [2.45, 2.75) is 52.9 Å². The Kier molecular flexibility index (Phi) is 5.43. The highest BCUT2D eigenvalue weighted by Crippen LogP contribution is 2.38. The summed E-state index contributed by atoms with van der Waals surface area (Å²) in [6.07, 6.45) is 5.26. The minimum absolute atomic E-state index is 0.188. The molecule has 4 atom stereocenters. The van der Waals surface area contributed by atoms with Crippen molar-refractivity contribution in [2.75, 3.05) is 6.67 Å². The Morgan fingerprint density at radius 3 is 2.50 bits per heavy atom. The molecule has 0 aromatic rings. The van der Waals surface area contributed by atoms with Crippen molar-refractivity contribution in [2.24, 2.45) is 23.7 Å². The Bertz CT molecular complexity index is 227. The van der Waals surface area contributed by atoms with E-state index in [2.05, 4.69) is 6.92 Å². The molecular weight excluding hydrogens is 203 g/mol. The van der Waals surface area contributed by atoms with E-state index in [1.54, 1.807) is 6.92 Å². The van der Waals surface area contributed by atoms with Crippen LogP contribution in [0.2, 0.25) is 0 Å². The van der Waals surface area contributed by atoms with Gasteiger partial charge in [0.05, 0.1) is 6.67 Å². The van der Waals surface area contributed by atoms with Gasteiger partial charge in [0.1, 0.15) is 5.78 Å². The number of ketones is 1. The summed E-state index contributed by atoms with van der Waals surface area (Å²) in [5.41, 5.74) is 0. The van der Waals surface area contributed by atoms with Crippen molar-refractivity contribution in [3.8, 4) is 0 Å². The number of Topliss-reactive ketones (excluding diaryl/α,β-unsaturated/α-hetero) is 1. The maximum absolute atomic E-state index is 12.5. The lowest BCUT2D eigenvalue weighted by Gasteiger charge is -2.34. The summed E-state index contributed by atoms with van der Waals surface area (Å²) < 4.78 is 12.5. The van der Waals surface area contributed by atoms with Gasteiger partial charge in [0, 0.05) is 6.42 Å². The van der Waals surface area contributed by atoms with Gasteiger partial charge in [-0.25, -0.2) is 0 Å². The van der Waals surface area contributed by atoms with Gasteiger partial charge in [0.25, 0.3) is 0 Å². The van der Waals surface area contributed by atoms with Gasteiger partial charge in [0.15, 0.2) is 0 Å². The Morgan fingerprint density at radius 2 is 1.94 bits per heavy atom. The summed E-state index contributed by atoms with van der Waals surface area (Å²) in [7, 11) is 0. The van der Waals surface area contributed by atoms with Gasteiger partial charge in [-0.2, -0.15) is 0 Å². The molecule has 1 aliphatic rings. The zero-order valence-corrected chi connectivity index (χ0v) is 10.8. The first-order chi connectivity index (χ1) is 7.51. The smallest absolute Gasteiger partial charge is 0.130 e. The highest BCUT2D eigenvalue weighted by atomic mass is 19.1.